The normalized spacial score (nSPS) is 10.3. The first kappa shape index (κ1) is 13.0. The van der Waals surface area contributed by atoms with Crippen LogP contribution in [0.3, 0.4) is 0 Å². The average molecular weight is 325 g/mol. The number of nitrogens with two attached hydrogens (primary N) is 1. The molecule has 6 heteroatoms. The third kappa shape index (κ3) is 2.88. The van der Waals surface area contributed by atoms with Crippen molar-refractivity contribution in [1.29, 1.82) is 0 Å². The van der Waals surface area contributed by atoms with Crippen LogP contribution in [0.25, 0.3) is 0 Å². The standard InChI is InChI=1S/C12H13BrN4S/c1-2-17-7-9(6-15-17)16-8-3-4-10(12(14)18)11(13)5-8/h3-7,16H,2H2,1H3,(H2,14,18). The highest BCUT2D eigenvalue weighted by atomic mass is 79.9. The van der Waals surface area contributed by atoms with Gasteiger partial charge in [0.05, 0.1) is 11.9 Å². The molecule has 1 heterocycles. The van der Waals surface area contributed by atoms with E-state index in [-0.39, 0.29) is 0 Å². The second-order valence-electron chi connectivity index (χ2n) is 3.77. The van der Waals surface area contributed by atoms with Crippen molar-refractivity contribution in [2.45, 2.75) is 13.5 Å². The van der Waals surface area contributed by atoms with E-state index in [1.54, 1.807) is 6.20 Å². The van der Waals surface area contributed by atoms with Gasteiger partial charge >= 0.3 is 0 Å². The fourth-order valence-electron chi connectivity index (χ4n) is 1.56. The largest absolute Gasteiger partial charge is 0.389 e. The van der Waals surface area contributed by atoms with Crippen molar-refractivity contribution in [3.8, 4) is 0 Å². The second kappa shape index (κ2) is 5.49. The summed E-state index contributed by atoms with van der Waals surface area (Å²) in [5, 5.41) is 7.47. The molecule has 18 heavy (non-hydrogen) atoms. The second-order valence-corrected chi connectivity index (χ2v) is 5.06. The predicted octanol–water partition coefficient (Wildman–Crippen LogP) is 3.04. The molecular formula is C12H13BrN4S. The number of aromatic nitrogens is 2. The molecule has 0 aliphatic rings. The Morgan fingerprint density at radius 3 is 2.83 bits per heavy atom. The van der Waals surface area contributed by atoms with Gasteiger partial charge in [-0.1, -0.05) is 12.2 Å². The van der Waals surface area contributed by atoms with Crippen LogP contribution in [0.4, 0.5) is 11.4 Å². The topological polar surface area (TPSA) is 55.9 Å². The highest BCUT2D eigenvalue weighted by molar-refractivity contribution is 9.10. The lowest BCUT2D eigenvalue weighted by Crippen LogP contribution is -2.10. The minimum Gasteiger partial charge on any atom is -0.389 e. The van der Waals surface area contributed by atoms with Gasteiger partial charge in [0.15, 0.2) is 0 Å². The first-order chi connectivity index (χ1) is 8.60. The third-order valence-corrected chi connectivity index (χ3v) is 3.36. The molecular weight excluding hydrogens is 312 g/mol. The molecule has 1 aromatic carbocycles. The van der Waals surface area contributed by atoms with Crippen molar-refractivity contribution in [1.82, 2.24) is 9.78 Å². The molecule has 0 bridgehead atoms. The molecule has 0 radical (unpaired) electrons. The summed E-state index contributed by atoms with van der Waals surface area (Å²) < 4.78 is 2.74. The average Bonchev–Trinajstić information content (AvgIpc) is 2.76. The summed E-state index contributed by atoms with van der Waals surface area (Å²) >= 11 is 8.41. The zero-order chi connectivity index (χ0) is 13.1. The van der Waals surface area contributed by atoms with Gasteiger partial charge in [0, 0.05) is 28.5 Å². The van der Waals surface area contributed by atoms with Gasteiger partial charge in [-0.05, 0) is 41.1 Å². The molecule has 94 valence electrons. The molecule has 0 amide bonds. The Kier molecular flexibility index (Phi) is 3.98. The molecule has 0 atom stereocenters. The number of benzene rings is 1. The quantitative estimate of drug-likeness (QED) is 0.849. The number of anilines is 2. The Morgan fingerprint density at radius 2 is 2.28 bits per heavy atom. The molecule has 3 N–H and O–H groups in total. The third-order valence-electron chi connectivity index (χ3n) is 2.48. The van der Waals surface area contributed by atoms with Crippen LogP contribution >= 0.6 is 28.1 Å². The molecule has 2 aromatic rings. The van der Waals surface area contributed by atoms with E-state index in [0.29, 0.717) is 4.99 Å². The summed E-state index contributed by atoms with van der Waals surface area (Å²) in [6, 6.07) is 5.76. The van der Waals surface area contributed by atoms with Gasteiger partial charge in [0.2, 0.25) is 0 Å². The van der Waals surface area contributed by atoms with Gasteiger partial charge in [-0.15, -0.1) is 0 Å². The van der Waals surface area contributed by atoms with Crippen LogP contribution in [-0.2, 0) is 6.54 Å². The maximum absolute atomic E-state index is 5.61. The fourth-order valence-corrected chi connectivity index (χ4v) is 2.46. The number of hydrogen-bond donors (Lipinski definition) is 2. The number of thiocarbonyl (C=S) groups is 1. The van der Waals surface area contributed by atoms with Crippen LogP contribution in [0.2, 0.25) is 0 Å². The Hall–Kier alpha value is -1.40. The van der Waals surface area contributed by atoms with Crippen molar-refractivity contribution in [3.05, 3.63) is 40.6 Å². The van der Waals surface area contributed by atoms with Crippen LogP contribution in [0.1, 0.15) is 12.5 Å². The van der Waals surface area contributed by atoms with Crippen molar-refractivity contribution >= 4 is 44.5 Å². The van der Waals surface area contributed by atoms with Crippen LogP contribution in [0.15, 0.2) is 35.1 Å². The predicted molar refractivity (Wildman–Crippen MR) is 81.2 cm³/mol. The lowest BCUT2D eigenvalue weighted by molar-refractivity contribution is 0.660. The molecule has 0 aliphatic carbocycles. The number of halogens is 1. The fraction of sp³-hybridized carbons (Fsp3) is 0.167. The van der Waals surface area contributed by atoms with Gasteiger partial charge in [0.25, 0.3) is 0 Å². The zero-order valence-electron chi connectivity index (χ0n) is 9.85. The lowest BCUT2D eigenvalue weighted by Gasteiger charge is -2.07. The molecule has 1 aromatic heterocycles. The Labute approximate surface area is 119 Å². The summed E-state index contributed by atoms with van der Waals surface area (Å²) in [4.78, 5) is 0.382. The molecule has 0 fully saturated rings. The van der Waals surface area contributed by atoms with E-state index < -0.39 is 0 Å². The molecule has 0 saturated heterocycles. The van der Waals surface area contributed by atoms with E-state index in [0.717, 1.165) is 28.0 Å². The van der Waals surface area contributed by atoms with E-state index in [9.17, 15) is 0 Å². The van der Waals surface area contributed by atoms with E-state index >= 15 is 0 Å². The first-order valence-electron chi connectivity index (χ1n) is 5.49. The number of nitrogens with one attached hydrogen (secondary N) is 1. The lowest BCUT2D eigenvalue weighted by atomic mass is 10.2. The molecule has 0 saturated carbocycles. The summed E-state index contributed by atoms with van der Waals surface area (Å²) in [6.07, 6.45) is 3.74. The Bertz CT molecular complexity index is 579. The van der Waals surface area contributed by atoms with Crippen LogP contribution in [0.5, 0.6) is 0 Å². The van der Waals surface area contributed by atoms with Gasteiger partial charge in [0.1, 0.15) is 4.99 Å². The zero-order valence-corrected chi connectivity index (χ0v) is 12.3. The number of hydrogen-bond acceptors (Lipinski definition) is 3. The van der Waals surface area contributed by atoms with Crippen molar-refractivity contribution in [2.24, 2.45) is 5.73 Å². The number of aryl methyl sites for hydroxylation is 1. The molecule has 2 rings (SSSR count). The Balaban J connectivity index is 2.19. The summed E-state index contributed by atoms with van der Waals surface area (Å²) in [6.45, 7) is 2.90. The molecule has 4 nitrogen and oxygen atoms in total. The minimum absolute atomic E-state index is 0.382. The van der Waals surface area contributed by atoms with Crippen molar-refractivity contribution in [3.63, 3.8) is 0 Å². The first-order valence-corrected chi connectivity index (χ1v) is 6.69. The van der Waals surface area contributed by atoms with Crippen LogP contribution < -0.4 is 11.1 Å². The van der Waals surface area contributed by atoms with Crippen molar-refractivity contribution < 1.29 is 0 Å². The van der Waals surface area contributed by atoms with E-state index in [1.165, 1.54) is 0 Å². The van der Waals surface area contributed by atoms with Crippen LogP contribution in [-0.4, -0.2) is 14.8 Å². The monoisotopic (exact) mass is 324 g/mol. The molecule has 0 unspecified atom stereocenters. The summed E-state index contributed by atoms with van der Waals surface area (Å²) in [5.41, 5.74) is 8.35. The van der Waals surface area contributed by atoms with Gasteiger partial charge < -0.3 is 11.1 Å². The molecule has 0 spiro atoms. The maximum Gasteiger partial charge on any atom is 0.105 e. The minimum atomic E-state index is 0.382. The SMILES string of the molecule is CCn1cc(Nc2ccc(C(N)=S)c(Br)c2)cn1. The van der Waals surface area contributed by atoms with Gasteiger partial charge in [-0.2, -0.15) is 5.10 Å². The summed E-state index contributed by atoms with van der Waals surface area (Å²) in [5.74, 6) is 0. The van der Waals surface area contributed by atoms with Gasteiger partial charge in [-0.3, -0.25) is 4.68 Å². The summed E-state index contributed by atoms with van der Waals surface area (Å²) in [7, 11) is 0. The number of nitrogens with zero attached hydrogens (tertiary/aromatic N) is 2. The maximum atomic E-state index is 5.61. The van der Waals surface area contributed by atoms with Gasteiger partial charge in [-0.25, -0.2) is 0 Å². The van der Waals surface area contributed by atoms with Crippen molar-refractivity contribution in [2.75, 3.05) is 5.32 Å². The van der Waals surface area contributed by atoms with E-state index in [4.69, 9.17) is 18.0 Å². The van der Waals surface area contributed by atoms with Crippen LogP contribution in [0, 0.1) is 0 Å². The van der Waals surface area contributed by atoms with E-state index in [2.05, 4.69) is 26.3 Å². The smallest absolute Gasteiger partial charge is 0.105 e. The highest BCUT2D eigenvalue weighted by Crippen LogP contribution is 2.24. The van der Waals surface area contributed by atoms with E-state index in [1.807, 2.05) is 36.0 Å². The number of rotatable bonds is 4. The highest BCUT2D eigenvalue weighted by Gasteiger charge is 2.04. The Morgan fingerprint density at radius 1 is 1.50 bits per heavy atom. The molecule has 0 aliphatic heterocycles.